The van der Waals surface area contributed by atoms with Crippen LogP contribution in [0.15, 0.2) is 52.1 Å². The molecule has 0 saturated carbocycles. The lowest BCUT2D eigenvalue weighted by Crippen LogP contribution is -2.23. The number of pyridine rings is 1. The minimum Gasteiger partial charge on any atom is -0.462 e. The second-order valence-electron chi connectivity index (χ2n) is 6.43. The van der Waals surface area contributed by atoms with Crippen LogP contribution in [0.1, 0.15) is 22.7 Å². The number of sulfonamides is 1. The van der Waals surface area contributed by atoms with Crippen molar-refractivity contribution in [3.63, 3.8) is 0 Å². The molecule has 9 nitrogen and oxygen atoms in total. The van der Waals surface area contributed by atoms with Gasteiger partial charge in [0.2, 0.25) is 21.7 Å². The van der Waals surface area contributed by atoms with Gasteiger partial charge in [-0.1, -0.05) is 16.8 Å². The maximum absolute atomic E-state index is 12.3. The molecule has 11 heteroatoms. The molecule has 30 heavy (non-hydrogen) atoms. The highest BCUT2D eigenvalue weighted by Crippen LogP contribution is 2.25. The highest BCUT2D eigenvalue weighted by molar-refractivity contribution is 7.89. The first-order valence-corrected chi connectivity index (χ1v) is 10.7. The van der Waals surface area contributed by atoms with Crippen LogP contribution in [0, 0.1) is 0 Å². The van der Waals surface area contributed by atoms with Crippen LogP contribution >= 0.6 is 11.6 Å². The Bertz CT molecular complexity index is 1130. The van der Waals surface area contributed by atoms with Crippen LogP contribution in [0.3, 0.4) is 0 Å². The van der Waals surface area contributed by atoms with E-state index in [2.05, 4.69) is 15.1 Å². The number of hydrogen-bond acceptors (Lipinski definition) is 8. The Morgan fingerprint density at radius 3 is 2.77 bits per heavy atom. The van der Waals surface area contributed by atoms with Crippen LogP contribution < -0.4 is 0 Å². The Hall–Kier alpha value is -2.82. The zero-order chi connectivity index (χ0) is 21.7. The molecule has 2 aromatic heterocycles. The average Bonchev–Trinajstić information content (AvgIpc) is 3.20. The van der Waals surface area contributed by atoms with Crippen LogP contribution in [0.4, 0.5) is 0 Å². The van der Waals surface area contributed by atoms with Crippen molar-refractivity contribution in [3.8, 4) is 11.4 Å². The maximum Gasteiger partial charge on any atom is 0.338 e. The molecule has 0 N–H and O–H groups in total. The number of carbonyl (C=O) groups is 1. The van der Waals surface area contributed by atoms with Crippen molar-refractivity contribution in [1.29, 1.82) is 0 Å². The zero-order valence-electron chi connectivity index (χ0n) is 16.3. The average molecular weight is 451 g/mol. The summed E-state index contributed by atoms with van der Waals surface area (Å²) < 4.78 is 36.0. The van der Waals surface area contributed by atoms with E-state index in [1.54, 1.807) is 18.5 Å². The minimum absolute atomic E-state index is 0.0288. The minimum atomic E-state index is -3.78. The van der Waals surface area contributed by atoms with Gasteiger partial charge in [0.25, 0.3) is 0 Å². The molecule has 0 bridgehead atoms. The van der Waals surface area contributed by atoms with Crippen LogP contribution in [0.2, 0.25) is 5.02 Å². The van der Waals surface area contributed by atoms with Crippen molar-refractivity contribution in [2.24, 2.45) is 0 Å². The molecule has 0 fully saturated rings. The summed E-state index contributed by atoms with van der Waals surface area (Å²) in [6.07, 6.45) is 4.16. The normalized spacial score (nSPS) is 11.6. The van der Waals surface area contributed by atoms with E-state index < -0.39 is 16.0 Å². The molecule has 0 radical (unpaired) electrons. The van der Waals surface area contributed by atoms with E-state index in [9.17, 15) is 13.2 Å². The molecule has 0 aliphatic rings. The lowest BCUT2D eigenvalue weighted by molar-refractivity contribution is 0.0498. The molecule has 0 amide bonds. The fraction of sp³-hybridized carbons (Fsp3) is 0.263. The summed E-state index contributed by atoms with van der Waals surface area (Å²) >= 11 is 5.99. The number of carbonyl (C=O) groups excluding carboxylic acids is 1. The number of aromatic nitrogens is 3. The Kier molecular flexibility index (Phi) is 6.80. The van der Waals surface area contributed by atoms with Gasteiger partial charge in [0.1, 0.15) is 4.90 Å². The molecule has 3 rings (SSSR count). The van der Waals surface area contributed by atoms with Gasteiger partial charge in [-0.3, -0.25) is 4.98 Å². The molecule has 0 spiro atoms. The Morgan fingerprint density at radius 2 is 2.07 bits per heavy atom. The van der Waals surface area contributed by atoms with Gasteiger partial charge in [-0.2, -0.15) is 4.98 Å². The summed E-state index contributed by atoms with van der Waals surface area (Å²) in [6, 6.07) is 7.57. The second-order valence-corrected chi connectivity index (χ2v) is 8.95. The number of benzene rings is 1. The van der Waals surface area contributed by atoms with E-state index in [-0.39, 0.29) is 22.1 Å². The van der Waals surface area contributed by atoms with Crippen molar-refractivity contribution in [1.82, 2.24) is 19.4 Å². The van der Waals surface area contributed by atoms with Crippen LogP contribution in [0.5, 0.6) is 0 Å². The van der Waals surface area contributed by atoms with Crippen molar-refractivity contribution in [2.75, 3.05) is 20.7 Å². The molecular formula is C19H19ClN4O5S. The number of rotatable bonds is 8. The van der Waals surface area contributed by atoms with Gasteiger partial charge >= 0.3 is 5.97 Å². The van der Waals surface area contributed by atoms with Crippen LogP contribution in [-0.4, -0.2) is 54.5 Å². The largest absolute Gasteiger partial charge is 0.462 e. The van der Waals surface area contributed by atoms with E-state index in [1.165, 1.54) is 32.3 Å². The Labute approximate surface area is 178 Å². The molecule has 3 aromatic rings. The van der Waals surface area contributed by atoms with Crippen LogP contribution in [0.25, 0.3) is 11.4 Å². The van der Waals surface area contributed by atoms with Crippen molar-refractivity contribution >= 4 is 27.6 Å². The van der Waals surface area contributed by atoms with Gasteiger partial charge in [0.05, 0.1) is 17.2 Å². The molecule has 158 valence electrons. The fourth-order valence-corrected chi connectivity index (χ4v) is 3.86. The second kappa shape index (κ2) is 9.33. The summed E-state index contributed by atoms with van der Waals surface area (Å²) in [4.78, 5) is 20.4. The predicted octanol–water partition coefficient (Wildman–Crippen LogP) is 2.82. The topological polar surface area (TPSA) is 115 Å². The van der Waals surface area contributed by atoms with Crippen molar-refractivity contribution in [2.45, 2.75) is 17.7 Å². The molecule has 0 aliphatic heterocycles. The predicted molar refractivity (Wildman–Crippen MR) is 108 cm³/mol. The first-order valence-electron chi connectivity index (χ1n) is 8.91. The first-order chi connectivity index (χ1) is 14.3. The van der Waals surface area contributed by atoms with Crippen molar-refractivity contribution in [3.05, 3.63) is 59.2 Å². The van der Waals surface area contributed by atoms with Gasteiger partial charge in [-0.05, 0) is 36.8 Å². The molecule has 0 atom stereocenters. The van der Waals surface area contributed by atoms with Gasteiger partial charge in [-0.25, -0.2) is 17.5 Å². The number of halogens is 1. The lowest BCUT2D eigenvalue weighted by atomic mass is 10.2. The number of aryl methyl sites for hydroxylation is 1. The SMILES string of the molecule is CN(C)S(=O)(=O)c1cc(C(=O)OCCCc2nc(-c3cccnc3)no2)ccc1Cl. The van der Waals surface area contributed by atoms with Gasteiger partial charge in [0.15, 0.2) is 0 Å². The lowest BCUT2D eigenvalue weighted by Gasteiger charge is -2.13. The summed E-state index contributed by atoms with van der Waals surface area (Å²) in [5.41, 5.74) is 0.835. The quantitative estimate of drug-likeness (QED) is 0.380. The Morgan fingerprint density at radius 1 is 1.27 bits per heavy atom. The summed E-state index contributed by atoms with van der Waals surface area (Å²) in [6.45, 7) is 0.0990. The van der Waals surface area contributed by atoms with Gasteiger partial charge in [0, 0.05) is 38.5 Å². The first kappa shape index (κ1) is 21.9. The number of nitrogens with zero attached hydrogens (tertiary/aromatic N) is 4. The molecule has 0 unspecified atom stereocenters. The number of esters is 1. The third-order valence-corrected chi connectivity index (χ3v) is 6.38. The highest BCUT2D eigenvalue weighted by Gasteiger charge is 2.23. The maximum atomic E-state index is 12.3. The van der Waals surface area contributed by atoms with E-state index in [1.807, 2.05) is 6.07 Å². The molecule has 2 heterocycles. The van der Waals surface area contributed by atoms with E-state index in [0.29, 0.717) is 24.6 Å². The number of hydrogen-bond donors (Lipinski definition) is 0. The fourth-order valence-electron chi connectivity index (χ4n) is 2.46. The molecular weight excluding hydrogens is 432 g/mol. The summed E-state index contributed by atoms with van der Waals surface area (Å²) in [5.74, 6) is 0.199. The third-order valence-electron chi connectivity index (χ3n) is 4.08. The molecule has 0 aliphatic carbocycles. The monoisotopic (exact) mass is 450 g/mol. The Balaban J connectivity index is 1.56. The van der Waals surface area contributed by atoms with E-state index >= 15 is 0 Å². The smallest absolute Gasteiger partial charge is 0.338 e. The summed E-state index contributed by atoms with van der Waals surface area (Å²) in [7, 11) is -1.02. The number of ether oxygens (including phenoxy) is 1. The van der Waals surface area contributed by atoms with Gasteiger partial charge < -0.3 is 9.26 Å². The van der Waals surface area contributed by atoms with E-state index in [0.717, 1.165) is 9.87 Å². The van der Waals surface area contributed by atoms with E-state index in [4.69, 9.17) is 20.9 Å². The molecule has 1 aromatic carbocycles. The highest BCUT2D eigenvalue weighted by atomic mass is 35.5. The third kappa shape index (κ3) is 5.02. The zero-order valence-corrected chi connectivity index (χ0v) is 17.9. The van der Waals surface area contributed by atoms with Gasteiger partial charge in [-0.15, -0.1) is 0 Å². The van der Waals surface area contributed by atoms with Crippen LogP contribution in [-0.2, 0) is 21.2 Å². The van der Waals surface area contributed by atoms with Crippen molar-refractivity contribution < 1.29 is 22.5 Å². The summed E-state index contributed by atoms with van der Waals surface area (Å²) in [5, 5.41) is 3.92. The molecule has 0 saturated heterocycles. The standard InChI is InChI=1S/C19H19ClN4O5S/c1-24(2)30(26,27)16-11-13(7-8-15(16)20)19(25)28-10-4-6-17-22-18(23-29-17)14-5-3-9-21-12-14/h3,5,7-9,11-12H,4,6,10H2,1-2H3.